The molecule has 2 aliphatic rings. The van der Waals surface area contributed by atoms with Crippen LogP contribution in [0.3, 0.4) is 0 Å². The summed E-state index contributed by atoms with van der Waals surface area (Å²) in [5, 5.41) is 3.06. The molecule has 0 saturated carbocycles. The van der Waals surface area contributed by atoms with E-state index in [2.05, 4.69) is 25.2 Å². The number of methoxy groups -OCH3 is 1. The van der Waals surface area contributed by atoms with Crippen LogP contribution in [0.15, 0.2) is 45.6 Å². The van der Waals surface area contributed by atoms with Crippen molar-refractivity contribution in [2.24, 2.45) is 0 Å². The summed E-state index contributed by atoms with van der Waals surface area (Å²) in [6.45, 7) is 3.89. The molecule has 1 fully saturated rings. The number of aryl methyl sites for hydroxylation is 1. The smallest absolute Gasteiger partial charge is 0.417 e. The lowest BCUT2D eigenvalue weighted by molar-refractivity contribution is 0.177. The molecule has 12 nitrogen and oxygen atoms in total. The maximum Gasteiger partial charge on any atom is 0.417 e. The molecule has 0 radical (unpaired) electrons. The molecular weight excluding hydrogens is 502 g/mol. The Hall–Kier alpha value is -4.74. The van der Waals surface area contributed by atoms with Crippen LogP contribution in [0.25, 0.3) is 11.1 Å². The van der Waals surface area contributed by atoms with Gasteiger partial charge in [0.1, 0.15) is 17.3 Å². The van der Waals surface area contributed by atoms with Gasteiger partial charge in [-0.15, -0.1) is 0 Å². The topological polar surface area (TPSA) is 152 Å². The van der Waals surface area contributed by atoms with Gasteiger partial charge in [-0.05, 0) is 61.6 Å². The minimum absolute atomic E-state index is 0.0788. The van der Waals surface area contributed by atoms with Gasteiger partial charge in [0.2, 0.25) is 11.8 Å². The quantitative estimate of drug-likeness (QED) is 0.350. The number of ether oxygens (including phenoxy) is 2. The molecule has 4 aromatic rings. The number of benzene rings is 2. The normalized spacial score (nSPS) is 16.1. The number of nitrogen functional groups attached to an aromatic ring is 1. The second kappa shape index (κ2) is 9.86. The third kappa shape index (κ3) is 4.92. The van der Waals surface area contributed by atoms with Gasteiger partial charge >= 0.3 is 11.8 Å². The van der Waals surface area contributed by atoms with Gasteiger partial charge in [-0.1, -0.05) is 0 Å². The molecule has 0 atom stereocenters. The summed E-state index contributed by atoms with van der Waals surface area (Å²) in [4.78, 5) is 40.0. The molecule has 0 aliphatic carbocycles. The van der Waals surface area contributed by atoms with Crippen molar-refractivity contribution in [3.63, 3.8) is 0 Å². The number of amides is 2. The minimum atomic E-state index is -0.523. The molecule has 0 unspecified atom stereocenters. The first kappa shape index (κ1) is 24.6. The summed E-state index contributed by atoms with van der Waals surface area (Å²) >= 11 is 0. The SMILES string of the molecule is COc1ccc2c(c1)CCN(C1CCN(c3cc(Oc4cc(C)c5[nH]c(=O)oc5c4)nc(N)n3)CC1)C(=O)N2. The van der Waals surface area contributed by atoms with Gasteiger partial charge in [0, 0.05) is 43.5 Å². The minimum Gasteiger partial charge on any atom is -0.497 e. The molecule has 6 rings (SSSR count). The van der Waals surface area contributed by atoms with Crippen LogP contribution in [0.1, 0.15) is 24.0 Å². The zero-order valence-electron chi connectivity index (χ0n) is 21.7. The van der Waals surface area contributed by atoms with Crippen molar-refractivity contribution in [3.05, 3.63) is 58.1 Å². The van der Waals surface area contributed by atoms with Gasteiger partial charge < -0.3 is 34.7 Å². The second-order valence-corrected chi connectivity index (χ2v) is 9.77. The first-order valence-corrected chi connectivity index (χ1v) is 12.8. The molecule has 0 bridgehead atoms. The molecule has 4 N–H and O–H groups in total. The van der Waals surface area contributed by atoms with E-state index in [1.807, 2.05) is 30.0 Å². The van der Waals surface area contributed by atoms with E-state index in [0.717, 1.165) is 41.8 Å². The lowest BCUT2D eigenvalue weighted by atomic mass is 10.0. The first-order valence-electron chi connectivity index (χ1n) is 12.8. The highest BCUT2D eigenvalue weighted by Crippen LogP contribution is 2.31. The third-order valence-corrected chi connectivity index (χ3v) is 7.30. The largest absolute Gasteiger partial charge is 0.497 e. The van der Waals surface area contributed by atoms with E-state index >= 15 is 0 Å². The number of nitrogens with zero attached hydrogens (tertiary/aromatic N) is 4. The average Bonchev–Trinajstić information content (AvgIpc) is 3.21. The van der Waals surface area contributed by atoms with E-state index in [0.29, 0.717) is 42.3 Å². The van der Waals surface area contributed by atoms with Crippen LogP contribution in [0, 0.1) is 6.92 Å². The molecule has 0 spiro atoms. The van der Waals surface area contributed by atoms with E-state index in [1.165, 1.54) is 0 Å². The van der Waals surface area contributed by atoms with E-state index in [-0.39, 0.29) is 23.9 Å². The number of carbonyl (C=O) groups excluding carboxylic acids is 1. The number of hydrogen-bond acceptors (Lipinski definition) is 9. The van der Waals surface area contributed by atoms with Crippen LogP contribution in [0.4, 0.5) is 22.2 Å². The Morgan fingerprint density at radius 1 is 1.05 bits per heavy atom. The fraction of sp³-hybridized carbons (Fsp3) is 0.333. The number of fused-ring (bicyclic) bond motifs is 2. The molecule has 2 aromatic carbocycles. The van der Waals surface area contributed by atoms with Crippen LogP contribution < -0.4 is 31.2 Å². The zero-order chi connectivity index (χ0) is 27.1. The highest BCUT2D eigenvalue weighted by Gasteiger charge is 2.31. The number of piperidine rings is 1. The molecule has 202 valence electrons. The van der Waals surface area contributed by atoms with Crippen molar-refractivity contribution in [1.29, 1.82) is 0 Å². The predicted molar refractivity (Wildman–Crippen MR) is 146 cm³/mol. The molecule has 39 heavy (non-hydrogen) atoms. The second-order valence-electron chi connectivity index (χ2n) is 9.77. The summed E-state index contributed by atoms with van der Waals surface area (Å²) in [6.07, 6.45) is 2.33. The summed E-state index contributed by atoms with van der Waals surface area (Å²) in [5.74, 6) is 1.76. The van der Waals surface area contributed by atoms with Crippen LogP contribution in [-0.2, 0) is 6.42 Å². The van der Waals surface area contributed by atoms with Crippen LogP contribution in [0.2, 0.25) is 0 Å². The van der Waals surface area contributed by atoms with Crippen LogP contribution in [0.5, 0.6) is 17.4 Å². The zero-order valence-corrected chi connectivity index (χ0v) is 21.7. The standard InChI is InChI=1S/C27H29N7O5/c1-15-11-19(13-21-24(15)32-27(36)39-21)38-23-14-22(30-25(28)31-23)33-8-6-17(7-9-33)34-10-5-16-12-18(37-2)3-4-20(16)29-26(34)35/h3-4,11-14,17H,5-10H2,1-2H3,(H,29,35)(H,32,36)(H2,28,30,31). The Labute approximate surface area is 223 Å². The fourth-order valence-corrected chi connectivity index (χ4v) is 5.33. The van der Waals surface area contributed by atoms with Gasteiger partial charge in [-0.25, -0.2) is 9.59 Å². The number of hydrogen-bond donors (Lipinski definition) is 3. The van der Waals surface area contributed by atoms with Gasteiger partial charge in [0.25, 0.3) is 0 Å². The number of oxazole rings is 1. The Balaban J connectivity index is 1.13. The van der Waals surface area contributed by atoms with Crippen molar-refractivity contribution in [2.45, 2.75) is 32.2 Å². The van der Waals surface area contributed by atoms with E-state index in [9.17, 15) is 9.59 Å². The Bertz CT molecular complexity index is 1610. The summed E-state index contributed by atoms with van der Waals surface area (Å²) in [5.41, 5.74) is 9.75. The number of rotatable bonds is 5. The Kier molecular flexibility index (Phi) is 6.21. The van der Waals surface area contributed by atoms with Gasteiger partial charge in [-0.2, -0.15) is 9.97 Å². The fourth-order valence-electron chi connectivity index (χ4n) is 5.33. The molecule has 2 aliphatic heterocycles. The third-order valence-electron chi connectivity index (χ3n) is 7.30. The monoisotopic (exact) mass is 531 g/mol. The Morgan fingerprint density at radius 3 is 2.67 bits per heavy atom. The molecule has 1 saturated heterocycles. The van der Waals surface area contributed by atoms with Crippen LogP contribution in [-0.4, -0.2) is 58.7 Å². The van der Waals surface area contributed by atoms with E-state index in [1.54, 1.807) is 25.3 Å². The lowest BCUT2D eigenvalue weighted by Gasteiger charge is -2.38. The van der Waals surface area contributed by atoms with E-state index < -0.39 is 5.76 Å². The van der Waals surface area contributed by atoms with Crippen molar-refractivity contribution in [2.75, 3.05) is 42.7 Å². The van der Waals surface area contributed by atoms with Crippen molar-refractivity contribution in [1.82, 2.24) is 19.9 Å². The number of anilines is 3. The molecule has 2 amide bonds. The first-order chi connectivity index (χ1) is 18.9. The molecular formula is C27H29N7O5. The number of carbonyl (C=O) groups is 1. The lowest BCUT2D eigenvalue weighted by Crippen LogP contribution is -2.49. The highest BCUT2D eigenvalue weighted by atomic mass is 16.5. The number of aromatic nitrogens is 3. The van der Waals surface area contributed by atoms with E-state index in [4.69, 9.17) is 19.6 Å². The maximum absolute atomic E-state index is 13.0. The number of H-pyrrole nitrogens is 1. The average molecular weight is 532 g/mol. The van der Waals surface area contributed by atoms with Crippen molar-refractivity contribution < 1.29 is 18.7 Å². The summed E-state index contributed by atoms with van der Waals surface area (Å²) in [6, 6.07) is 10.9. The summed E-state index contributed by atoms with van der Waals surface area (Å²) in [7, 11) is 1.64. The van der Waals surface area contributed by atoms with Gasteiger partial charge in [0.05, 0.1) is 12.6 Å². The number of aromatic amines is 1. The highest BCUT2D eigenvalue weighted by molar-refractivity contribution is 5.91. The molecule has 12 heteroatoms. The van der Waals surface area contributed by atoms with Crippen molar-refractivity contribution in [3.8, 4) is 17.4 Å². The summed E-state index contributed by atoms with van der Waals surface area (Å²) < 4.78 is 16.5. The van der Waals surface area contributed by atoms with Crippen molar-refractivity contribution >= 4 is 34.6 Å². The number of nitrogens with two attached hydrogens (primary N) is 1. The molecule has 2 aromatic heterocycles. The predicted octanol–water partition coefficient (Wildman–Crippen LogP) is 3.66. The molecule has 4 heterocycles. The van der Waals surface area contributed by atoms with Crippen LogP contribution >= 0.6 is 0 Å². The number of nitrogens with one attached hydrogen (secondary N) is 2. The van der Waals surface area contributed by atoms with Gasteiger partial charge in [-0.3, -0.25) is 4.98 Å². The maximum atomic E-state index is 13.0. The van der Waals surface area contributed by atoms with Gasteiger partial charge in [0.15, 0.2) is 5.58 Å². The Morgan fingerprint density at radius 2 is 1.87 bits per heavy atom. The number of urea groups is 1.